The molecule has 2 aromatic rings. The highest BCUT2D eigenvalue weighted by Gasteiger charge is 2.29. The lowest BCUT2D eigenvalue weighted by molar-refractivity contribution is 0.0685. The van der Waals surface area contributed by atoms with E-state index in [2.05, 4.69) is 21.5 Å². The molecule has 0 spiro atoms. The van der Waals surface area contributed by atoms with Gasteiger partial charge in [0.25, 0.3) is 0 Å². The molecular formula is C16H25ClN5O4P. The van der Waals surface area contributed by atoms with Crippen LogP contribution in [0.5, 0.6) is 0 Å². The van der Waals surface area contributed by atoms with Gasteiger partial charge in [0.2, 0.25) is 5.95 Å². The number of aromatic nitrogens is 4. The van der Waals surface area contributed by atoms with Crippen molar-refractivity contribution in [3.63, 3.8) is 0 Å². The number of hydrogen-bond donors (Lipinski definition) is 1. The lowest BCUT2D eigenvalue weighted by Gasteiger charge is -2.24. The molecule has 150 valence electrons. The van der Waals surface area contributed by atoms with Crippen LogP contribution < -0.4 is 5.73 Å². The van der Waals surface area contributed by atoms with Gasteiger partial charge in [-0.3, -0.25) is 4.57 Å². The van der Waals surface area contributed by atoms with Gasteiger partial charge in [0.1, 0.15) is 11.9 Å². The topological polar surface area (TPSA) is 114 Å². The van der Waals surface area contributed by atoms with Crippen LogP contribution in [0.2, 0.25) is 5.15 Å². The second-order valence-electron chi connectivity index (χ2n) is 6.43. The number of nitrogens with two attached hydrogens (primary N) is 1. The van der Waals surface area contributed by atoms with Gasteiger partial charge >= 0.3 is 7.60 Å². The van der Waals surface area contributed by atoms with Crippen molar-refractivity contribution in [3.8, 4) is 0 Å². The van der Waals surface area contributed by atoms with Crippen molar-refractivity contribution in [2.45, 2.75) is 52.6 Å². The first kappa shape index (κ1) is 21.8. The maximum absolute atomic E-state index is 12.9. The minimum Gasteiger partial charge on any atom is -0.368 e. The SMILES string of the molecule is C=C[C@@H](Cn1cnc2c(Cl)nc(N)nc21)OCP(=O)(OC(C)C)OC(C)C. The number of ether oxygens (including phenoxy) is 1. The molecule has 0 amide bonds. The molecule has 9 nitrogen and oxygen atoms in total. The number of fused-ring (bicyclic) bond motifs is 1. The summed E-state index contributed by atoms with van der Waals surface area (Å²) in [5.41, 5.74) is 6.57. The summed E-state index contributed by atoms with van der Waals surface area (Å²) in [6.07, 6.45) is 1.92. The Morgan fingerprint density at radius 2 is 1.93 bits per heavy atom. The third-order valence-electron chi connectivity index (χ3n) is 3.27. The molecule has 0 saturated carbocycles. The predicted molar refractivity (Wildman–Crippen MR) is 105 cm³/mol. The van der Waals surface area contributed by atoms with E-state index in [9.17, 15) is 4.57 Å². The molecule has 0 unspecified atom stereocenters. The second-order valence-corrected chi connectivity index (χ2v) is 8.69. The number of halogens is 1. The molecule has 2 heterocycles. The summed E-state index contributed by atoms with van der Waals surface area (Å²) in [5, 5.41) is 0.174. The molecule has 2 rings (SSSR count). The number of anilines is 1. The van der Waals surface area contributed by atoms with Crippen LogP contribution in [0, 0.1) is 0 Å². The zero-order valence-corrected chi connectivity index (χ0v) is 17.5. The van der Waals surface area contributed by atoms with Crippen LogP contribution in [0.4, 0.5) is 5.95 Å². The van der Waals surface area contributed by atoms with Gasteiger partial charge in [0.15, 0.2) is 10.8 Å². The molecule has 27 heavy (non-hydrogen) atoms. The minimum absolute atomic E-state index is 0.0467. The summed E-state index contributed by atoms with van der Waals surface area (Å²) in [7, 11) is -3.41. The molecule has 0 bridgehead atoms. The van der Waals surface area contributed by atoms with E-state index < -0.39 is 13.7 Å². The Morgan fingerprint density at radius 3 is 2.48 bits per heavy atom. The highest BCUT2D eigenvalue weighted by Crippen LogP contribution is 2.50. The third kappa shape index (κ3) is 5.99. The molecule has 0 fully saturated rings. The van der Waals surface area contributed by atoms with Crippen LogP contribution in [-0.2, 0) is 24.9 Å². The second kappa shape index (κ2) is 9.12. The van der Waals surface area contributed by atoms with E-state index in [1.54, 1.807) is 44.7 Å². The van der Waals surface area contributed by atoms with E-state index in [0.29, 0.717) is 17.7 Å². The molecule has 0 aliphatic carbocycles. The summed E-state index contributed by atoms with van der Waals surface area (Å²) in [4.78, 5) is 12.2. The van der Waals surface area contributed by atoms with Gasteiger partial charge in [-0.25, -0.2) is 4.98 Å². The van der Waals surface area contributed by atoms with Crippen molar-refractivity contribution >= 4 is 36.3 Å². The lowest BCUT2D eigenvalue weighted by Crippen LogP contribution is -2.20. The van der Waals surface area contributed by atoms with Crippen LogP contribution in [0.3, 0.4) is 0 Å². The number of imidazole rings is 1. The normalized spacial score (nSPS) is 13.6. The Balaban J connectivity index is 2.13. The van der Waals surface area contributed by atoms with Gasteiger partial charge < -0.3 is 24.1 Å². The van der Waals surface area contributed by atoms with E-state index in [1.807, 2.05) is 0 Å². The van der Waals surface area contributed by atoms with Crippen LogP contribution in [0.1, 0.15) is 27.7 Å². The molecule has 1 atom stereocenters. The predicted octanol–water partition coefficient (Wildman–Crippen LogP) is 3.63. The fourth-order valence-electron chi connectivity index (χ4n) is 2.36. The van der Waals surface area contributed by atoms with Crippen molar-refractivity contribution < 1.29 is 18.3 Å². The molecular weight excluding hydrogens is 393 g/mol. The minimum atomic E-state index is -3.41. The van der Waals surface area contributed by atoms with Crippen LogP contribution in [0.25, 0.3) is 11.2 Å². The van der Waals surface area contributed by atoms with E-state index in [-0.39, 0.29) is 29.7 Å². The monoisotopic (exact) mass is 417 g/mol. The van der Waals surface area contributed by atoms with Gasteiger partial charge in [-0.1, -0.05) is 17.7 Å². The number of hydrogen-bond acceptors (Lipinski definition) is 8. The van der Waals surface area contributed by atoms with Crippen LogP contribution in [0.15, 0.2) is 19.0 Å². The van der Waals surface area contributed by atoms with Crippen LogP contribution in [-0.4, -0.2) is 44.2 Å². The average Bonchev–Trinajstić information content (AvgIpc) is 2.92. The number of nitrogens with zero attached hydrogens (tertiary/aromatic N) is 4. The van der Waals surface area contributed by atoms with Gasteiger partial charge in [0, 0.05) is 0 Å². The Kier molecular flexibility index (Phi) is 7.36. The van der Waals surface area contributed by atoms with Gasteiger partial charge in [0.05, 0.1) is 31.2 Å². The fourth-order valence-corrected chi connectivity index (χ4v) is 4.41. The molecule has 0 aliphatic heterocycles. The van der Waals surface area contributed by atoms with E-state index in [1.165, 1.54) is 0 Å². The summed E-state index contributed by atoms with van der Waals surface area (Å²) in [6.45, 7) is 11.2. The van der Waals surface area contributed by atoms with E-state index in [0.717, 1.165) is 0 Å². The van der Waals surface area contributed by atoms with E-state index in [4.69, 9.17) is 31.1 Å². The van der Waals surface area contributed by atoms with Crippen molar-refractivity contribution in [2.75, 3.05) is 12.1 Å². The Bertz CT molecular complexity index is 828. The van der Waals surface area contributed by atoms with Crippen molar-refractivity contribution in [1.82, 2.24) is 19.5 Å². The summed E-state index contributed by atoms with van der Waals surface area (Å²) in [6, 6.07) is 0. The summed E-state index contributed by atoms with van der Waals surface area (Å²) in [5.74, 6) is 0.0467. The largest absolute Gasteiger partial charge is 0.368 e. The Hall–Kier alpha value is -1.51. The Morgan fingerprint density at radius 1 is 1.30 bits per heavy atom. The first-order valence-corrected chi connectivity index (χ1v) is 10.6. The third-order valence-corrected chi connectivity index (χ3v) is 5.48. The fraction of sp³-hybridized carbons (Fsp3) is 0.562. The summed E-state index contributed by atoms with van der Waals surface area (Å²) < 4.78 is 31.3. The number of nitrogen functional groups attached to an aromatic ring is 1. The van der Waals surface area contributed by atoms with Crippen LogP contribution >= 0.6 is 19.2 Å². The summed E-state index contributed by atoms with van der Waals surface area (Å²) >= 11 is 6.04. The average molecular weight is 418 g/mol. The quantitative estimate of drug-likeness (QED) is 0.354. The van der Waals surface area contributed by atoms with Gasteiger partial charge in [-0.15, -0.1) is 6.58 Å². The maximum Gasteiger partial charge on any atom is 0.356 e. The van der Waals surface area contributed by atoms with Gasteiger partial charge in [-0.05, 0) is 27.7 Å². The zero-order valence-electron chi connectivity index (χ0n) is 15.8. The van der Waals surface area contributed by atoms with Gasteiger partial charge in [-0.2, -0.15) is 9.97 Å². The lowest BCUT2D eigenvalue weighted by atomic mass is 10.3. The van der Waals surface area contributed by atoms with Crippen molar-refractivity contribution in [2.24, 2.45) is 0 Å². The molecule has 0 radical (unpaired) electrons. The van der Waals surface area contributed by atoms with Crippen molar-refractivity contribution in [3.05, 3.63) is 24.1 Å². The highest BCUT2D eigenvalue weighted by atomic mass is 35.5. The van der Waals surface area contributed by atoms with Crippen molar-refractivity contribution in [1.29, 1.82) is 0 Å². The molecule has 2 aromatic heterocycles. The first-order chi connectivity index (χ1) is 12.6. The smallest absolute Gasteiger partial charge is 0.356 e. The molecule has 11 heteroatoms. The number of rotatable bonds is 10. The molecule has 0 saturated heterocycles. The zero-order chi connectivity index (χ0) is 20.2. The maximum atomic E-state index is 12.9. The Labute approximate surface area is 163 Å². The first-order valence-electron chi connectivity index (χ1n) is 8.47. The molecule has 2 N–H and O–H groups in total. The highest BCUT2D eigenvalue weighted by molar-refractivity contribution is 7.53. The standard InChI is InChI=1S/C16H25ClN5O4P/c1-6-12(24-9-27(23,25-10(2)3)26-11(4)5)7-22-8-19-13-14(17)20-16(18)21-15(13)22/h6,8,10-12H,1,7,9H2,2-5H3,(H2,18,20,21)/t12-/m0/s1. The molecule has 0 aliphatic rings. The van der Waals surface area contributed by atoms with E-state index >= 15 is 0 Å². The molecule has 0 aromatic carbocycles.